The van der Waals surface area contributed by atoms with Gasteiger partial charge in [-0.25, -0.2) is 0 Å². The Morgan fingerprint density at radius 3 is 2.45 bits per heavy atom. The largest absolute Gasteiger partial charge is 0.358 e. The molecular weight excluding hydrogens is 244 g/mol. The molecule has 0 spiro atoms. The van der Waals surface area contributed by atoms with Gasteiger partial charge in [0.15, 0.2) is 0 Å². The van der Waals surface area contributed by atoms with Gasteiger partial charge >= 0.3 is 0 Å². The fourth-order valence-corrected chi connectivity index (χ4v) is 3.35. The summed E-state index contributed by atoms with van der Waals surface area (Å²) in [5, 5.41) is 1.40. The molecule has 0 saturated heterocycles. The highest BCUT2D eigenvalue weighted by atomic mass is 14.7. The molecule has 1 atom stereocenters. The number of rotatable bonds is 3. The number of fused-ring (bicyclic) bond motifs is 2. The minimum absolute atomic E-state index is 0.240. The zero-order chi connectivity index (χ0) is 14.3. The fraction of sp³-hybridized carbons (Fsp3) is 0.556. The van der Waals surface area contributed by atoms with Crippen molar-refractivity contribution >= 4 is 10.9 Å². The van der Waals surface area contributed by atoms with Gasteiger partial charge in [0.2, 0.25) is 0 Å². The van der Waals surface area contributed by atoms with Crippen molar-refractivity contribution in [2.24, 2.45) is 11.7 Å². The van der Waals surface area contributed by atoms with E-state index in [4.69, 9.17) is 5.73 Å². The molecule has 0 radical (unpaired) electrons. The van der Waals surface area contributed by atoms with Crippen LogP contribution in [0.5, 0.6) is 0 Å². The number of aryl methyl sites for hydroxylation is 3. The molecule has 108 valence electrons. The normalized spacial score (nSPS) is 16.6. The van der Waals surface area contributed by atoms with E-state index in [1.165, 1.54) is 47.8 Å². The number of aromatic nitrogens is 1. The number of nitrogens with two attached hydrogens (primary N) is 1. The highest BCUT2D eigenvalue weighted by molar-refractivity contribution is 5.86. The predicted octanol–water partition coefficient (Wildman–Crippen LogP) is 3.88. The quantitative estimate of drug-likeness (QED) is 0.873. The van der Waals surface area contributed by atoms with E-state index in [2.05, 4.69) is 37.9 Å². The van der Waals surface area contributed by atoms with E-state index in [0.717, 1.165) is 6.42 Å². The number of aromatic amines is 1. The van der Waals surface area contributed by atoms with Crippen LogP contribution in [0.2, 0.25) is 0 Å². The molecule has 1 heterocycles. The Balaban J connectivity index is 2.05. The summed E-state index contributed by atoms with van der Waals surface area (Å²) < 4.78 is 0. The van der Waals surface area contributed by atoms with E-state index < -0.39 is 0 Å². The third kappa shape index (κ3) is 2.37. The van der Waals surface area contributed by atoms with Crippen LogP contribution in [-0.4, -0.2) is 11.0 Å². The van der Waals surface area contributed by atoms with Crippen LogP contribution in [0.15, 0.2) is 12.1 Å². The number of H-pyrrole nitrogens is 1. The van der Waals surface area contributed by atoms with Gasteiger partial charge in [-0.05, 0) is 73.8 Å². The number of benzene rings is 1. The van der Waals surface area contributed by atoms with Crippen LogP contribution in [0.4, 0.5) is 0 Å². The molecule has 0 fully saturated rings. The maximum atomic E-state index is 6.29. The molecule has 0 bridgehead atoms. The Morgan fingerprint density at radius 2 is 1.80 bits per heavy atom. The first kappa shape index (κ1) is 13.7. The summed E-state index contributed by atoms with van der Waals surface area (Å²) in [7, 11) is 0. The lowest BCUT2D eigenvalue weighted by Crippen LogP contribution is -2.28. The molecular formula is C18H26N2. The molecule has 2 aromatic rings. The third-order valence-corrected chi connectivity index (χ3v) is 4.88. The zero-order valence-corrected chi connectivity index (χ0v) is 12.9. The molecule has 1 unspecified atom stereocenters. The van der Waals surface area contributed by atoms with Crippen molar-refractivity contribution in [2.45, 2.75) is 58.9 Å². The molecule has 1 aliphatic rings. The average molecular weight is 270 g/mol. The van der Waals surface area contributed by atoms with Gasteiger partial charge < -0.3 is 10.7 Å². The van der Waals surface area contributed by atoms with Crippen molar-refractivity contribution in [1.82, 2.24) is 4.98 Å². The van der Waals surface area contributed by atoms with Crippen molar-refractivity contribution in [2.75, 3.05) is 0 Å². The van der Waals surface area contributed by atoms with E-state index in [0.29, 0.717) is 5.92 Å². The van der Waals surface area contributed by atoms with E-state index in [-0.39, 0.29) is 6.04 Å². The predicted molar refractivity (Wildman–Crippen MR) is 86.2 cm³/mol. The second kappa shape index (κ2) is 5.25. The second-order valence-electron chi connectivity index (χ2n) is 6.71. The molecule has 0 aliphatic heterocycles. The van der Waals surface area contributed by atoms with Crippen molar-refractivity contribution in [3.8, 4) is 0 Å². The minimum atomic E-state index is 0.240. The maximum absolute atomic E-state index is 6.29. The van der Waals surface area contributed by atoms with E-state index in [1.807, 2.05) is 0 Å². The molecule has 3 N–H and O–H groups in total. The topological polar surface area (TPSA) is 41.8 Å². The van der Waals surface area contributed by atoms with Crippen LogP contribution in [0.3, 0.4) is 0 Å². The van der Waals surface area contributed by atoms with Crippen molar-refractivity contribution in [3.63, 3.8) is 0 Å². The summed E-state index contributed by atoms with van der Waals surface area (Å²) in [6.07, 6.45) is 6.13. The third-order valence-electron chi connectivity index (χ3n) is 4.88. The average Bonchev–Trinajstić information content (AvgIpc) is 2.72. The van der Waals surface area contributed by atoms with Gasteiger partial charge in [-0.15, -0.1) is 0 Å². The van der Waals surface area contributed by atoms with E-state index >= 15 is 0 Å². The standard InChI is InChI=1S/C18H26N2/c1-11(2)17(19)10-15-12(3)20-18-9-14-7-5-4-6-13(14)8-16(15)18/h8-9,11,17,20H,4-7,10,19H2,1-3H3. The Hall–Kier alpha value is -1.28. The van der Waals surface area contributed by atoms with Crippen LogP contribution in [0.1, 0.15) is 49.1 Å². The molecule has 0 amide bonds. The van der Waals surface area contributed by atoms with Gasteiger partial charge in [0.25, 0.3) is 0 Å². The first-order chi connectivity index (χ1) is 9.56. The van der Waals surface area contributed by atoms with Crippen LogP contribution in [-0.2, 0) is 19.3 Å². The molecule has 0 saturated carbocycles. The van der Waals surface area contributed by atoms with Crippen molar-refractivity contribution in [3.05, 3.63) is 34.5 Å². The molecule has 3 rings (SSSR count). The van der Waals surface area contributed by atoms with Gasteiger partial charge in [-0.3, -0.25) is 0 Å². The molecule has 2 heteroatoms. The minimum Gasteiger partial charge on any atom is -0.358 e. The summed E-state index contributed by atoms with van der Waals surface area (Å²) in [6.45, 7) is 6.59. The SMILES string of the molecule is Cc1[nH]c2cc3c(cc2c1CC(N)C(C)C)CCCC3. The molecule has 1 aliphatic carbocycles. The smallest absolute Gasteiger partial charge is 0.0461 e. The summed E-state index contributed by atoms with van der Waals surface area (Å²) in [4.78, 5) is 3.57. The summed E-state index contributed by atoms with van der Waals surface area (Å²) >= 11 is 0. The molecule has 20 heavy (non-hydrogen) atoms. The van der Waals surface area contributed by atoms with Gasteiger partial charge in [0, 0.05) is 22.6 Å². The van der Waals surface area contributed by atoms with Gasteiger partial charge in [0.05, 0.1) is 0 Å². The number of hydrogen-bond donors (Lipinski definition) is 2. The van der Waals surface area contributed by atoms with E-state index in [1.54, 1.807) is 11.1 Å². The monoisotopic (exact) mass is 270 g/mol. The lowest BCUT2D eigenvalue weighted by molar-refractivity contribution is 0.491. The second-order valence-corrected chi connectivity index (χ2v) is 6.71. The maximum Gasteiger partial charge on any atom is 0.0461 e. The lowest BCUT2D eigenvalue weighted by Gasteiger charge is -2.17. The summed E-state index contributed by atoms with van der Waals surface area (Å²) in [6, 6.07) is 5.04. The summed E-state index contributed by atoms with van der Waals surface area (Å²) in [5.41, 5.74) is 13.4. The van der Waals surface area contributed by atoms with Crippen LogP contribution in [0, 0.1) is 12.8 Å². The van der Waals surface area contributed by atoms with Crippen molar-refractivity contribution < 1.29 is 0 Å². The fourth-order valence-electron chi connectivity index (χ4n) is 3.35. The molecule has 2 nitrogen and oxygen atoms in total. The lowest BCUT2D eigenvalue weighted by atomic mass is 9.89. The first-order valence-electron chi connectivity index (χ1n) is 7.94. The van der Waals surface area contributed by atoms with Crippen molar-refractivity contribution in [1.29, 1.82) is 0 Å². The van der Waals surface area contributed by atoms with Gasteiger partial charge in [0.1, 0.15) is 0 Å². The van der Waals surface area contributed by atoms with Gasteiger partial charge in [-0.1, -0.05) is 13.8 Å². The van der Waals surface area contributed by atoms with Crippen LogP contribution >= 0.6 is 0 Å². The molecule has 1 aromatic heterocycles. The Labute approximate surface area is 121 Å². The highest BCUT2D eigenvalue weighted by Gasteiger charge is 2.17. The Morgan fingerprint density at radius 1 is 1.15 bits per heavy atom. The Kier molecular flexibility index (Phi) is 3.59. The number of nitrogens with one attached hydrogen (secondary N) is 1. The summed E-state index contributed by atoms with van der Waals surface area (Å²) in [5.74, 6) is 0.525. The van der Waals surface area contributed by atoms with E-state index in [9.17, 15) is 0 Å². The molecule has 1 aromatic carbocycles. The zero-order valence-electron chi connectivity index (χ0n) is 12.9. The van der Waals surface area contributed by atoms with Crippen LogP contribution < -0.4 is 5.73 Å². The van der Waals surface area contributed by atoms with Crippen LogP contribution in [0.25, 0.3) is 10.9 Å². The first-order valence-corrected chi connectivity index (χ1v) is 7.94. The van der Waals surface area contributed by atoms with Gasteiger partial charge in [-0.2, -0.15) is 0 Å². The number of hydrogen-bond acceptors (Lipinski definition) is 1. The Bertz CT molecular complexity index is 622. The highest BCUT2D eigenvalue weighted by Crippen LogP contribution is 2.30.